The first kappa shape index (κ1) is 90.9. The maximum absolute atomic E-state index is 5.40. The molecule has 0 radical (unpaired) electrons. The van der Waals surface area contributed by atoms with Gasteiger partial charge >= 0.3 is 0 Å². The Labute approximate surface area is 869 Å². The van der Waals surface area contributed by atoms with Gasteiger partial charge in [0.1, 0.15) is 0 Å². The van der Waals surface area contributed by atoms with Crippen molar-refractivity contribution in [2.45, 2.75) is 16.7 Å². The molecular formula is C144H101N5. The summed E-state index contributed by atoms with van der Waals surface area (Å²) in [6, 6.07) is 218. The number of aromatic nitrogens is 5. The third kappa shape index (κ3) is 17.4. The molecule has 21 aromatic carbocycles. The maximum atomic E-state index is 5.40. The van der Waals surface area contributed by atoms with Crippen molar-refractivity contribution in [3.8, 4) is 123 Å². The Bertz CT molecular complexity index is 8800. The summed E-state index contributed by atoms with van der Waals surface area (Å²) >= 11 is 0. The van der Waals surface area contributed by atoms with Crippen LogP contribution in [0.1, 0.15) is 67.2 Å². The minimum Gasteiger partial charge on any atom is -0.309 e. The fraction of sp³-hybridized carbons (Fsp3) is 0.0208. The molecule has 1 atom stereocenters. The zero-order chi connectivity index (χ0) is 99.2. The first-order valence-corrected chi connectivity index (χ1v) is 51.2. The molecule has 5 nitrogen and oxygen atoms in total. The van der Waals surface area contributed by atoms with Gasteiger partial charge in [-0.25, -0.2) is 9.97 Å². The van der Waals surface area contributed by atoms with Crippen LogP contribution in [0.4, 0.5) is 0 Å². The number of hydrogen-bond acceptors (Lipinski definition) is 3. The van der Waals surface area contributed by atoms with Crippen LogP contribution in [-0.4, -0.2) is 24.1 Å². The van der Waals surface area contributed by atoms with Crippen LogP contribution in [-0.2, 0) is 10.8 Å². The Balaban J connectivity index is 0.000000119. The molecule has 27 rings (SSSR count). The molecule has 0 amide bonds. The Morgan fingerprint density at radius 1 is 0.148 bits per heavy atom. The van der Waals surface area contributed by atoms with Crippen LogP contribution in [0.3, 0.4) is 0 Å². The van der Waals surface area contributed by atoms with E-state index >= 15 is 0 Å². The van der Waals surface area contributed by atoms with Gasteiger partial charge in [-0.05, 0) is 202 Å². The largest absolute Gasteiger partial charge is 0.309 e. The average molecular weight is 1900 g/mol. The Hall–Kier alpha value is -19.3. The number of rotatable bonds is 20. The zero-order valence-corrected chi connectivity index (χ0v) is 82.0. The van der Waals surface area contributed by atoms with Gasteiger partial charge in [0.2, 0.25) is 0 Å². The predicted octanol–water partition coefficient (Wildman–Crippen LogP) is 36.4. The minimum atomic E-state index is -0.547. The van der Waals surface area contributed by atoms with Crippen molar-refractivity contribution < 1.29 is 0 Å². The van der Waals surface area contributed by atoms with Gasteiger partial charge in [-0.3, -0.25) is 4.98 Å². The molecule has 5 aromatic heterocycles. The molecule has 0 saturated heterocycles. The summed E-state index contributed by atoms with van der Waals surface area (Å²) in [7, 11) is 0. The molecule has 5 heterocycles. The summed E-state index contributed by atoms with van der Waals surface area (Å²) in [6.07, 6.45) is 0. The van der Waals surface area contributed by atoms with Crippen molar-refractivity contribution in [3.63, 3.8) is 0 Å². The topological polar surface area (TPSA) is 48.5 Å². The molecule has 5 heteroatoms. The third-order valence-corrected chi connectivity index (χ3v) is 29.7. The maximum Gasteiger partial charge on any atom is 0.0715 e. The van der Waals surface area contributed by atoms with Gasteiger partial charge in [0.25, 0.3) is 0 Å². The van der Waals surface area contributed by atoms with E-state index in [-0.39, 0.29) is 5.92 Å². The van der Waals surface area contributed by atoms with E-state index < -0.39 is 10.8 Å². The second-order valence-electron chi connectivity index (χ2n) is 38.3. The van der Waals surface area contributed by atoms with Gasteiger partial charge in [-0.2, -0.15) is 0 Å². The van der Waals surface area contributed by atoms with Crippen LogP contribution >= 0.6 is 0 Å². The molecule has 1 aliphatic rings. The highest BCUT2D eigenvalue weighted by molar-refractivity contribution is 6.11. The van der Waals surface area contributed by atoms with Crippen LogP contribution in [0.25, 0.3) is 167 Å². The van der Waals surface area contributed by atoms with E-state index in [0.717, 1.165) is 84.5 Å². The van der Waals surface area contributed by atoms with Crippen molar-refractivity contribution in [3.05, 3.63) is 668 Å². The number of nitrogens with zero attached hydrogens (tertiary/aromatic N) is 5. The molecular weight excluding hydrogens is 1800 g/mol. The highest BCUT2D eigenvalue weighted by Gasteiger charge is 2.41. The van der Waals surface area contributed by atoms with E-state index in [1.54, 1.807) is 0 Å². The summed E-state index contributed by atoms with van der Waals surface area (Å²) < 4.78 is 4.77. The molecule has 0 saturated carbocycles. The monoisotopic (exact) mass is 1900 g/mol. The number of fused-ring (bicyclic) bond motifs is 9. The van der Waals surface area contributed by atoms with Gasteiger partial charge in [-0.1, -0.05) is 516 Å². The lowest BCUT2D eigenvalue weighted by Gasteiger charge is -2.37. The number of benzene rings is 21. The molecule has 0 fully saturated rings. The molecule has 0 N–H and O–H groups in total. The lowest BCUT2D eigenvalue weighted by atomic mass is 9.65. The average Bonchev–Trinajstić information content (AvgIpc) is 1.47. The smallest absolute Gasteiger partial charge is 0.0715 e. The van der Waals surface area contributed by atoms with E-state index in [2.05, 4.69) is 604 Å². The lowest BCUT2D eigenvalue weighted by Crippen LogP contribution is -2.31. The van der Waals surface area contributed by atoms with Crippen molar-refractivity contribution in [1.29, 1.82) is 0 Å². The summed E-state index contributed by atoms with van der Waals surface area (Å²) in [4.78, 5) is 15.7. The summed E-state index contributed by atoms with van der Waals surface area (Å²) in [5.74, 6) is 0.0204. The number of hydrogen-bond donors (Lipinski definition) is 0. The van der Waals surface area contributed by atoms with Gasteiger partial charge in [0.05, 0.1) is 73.0 Å². The Morgan fingerprint density at radius 3 is 0.765 bits per heavy atom. The van der Waals surface area contributed by atoms with E-state index in [1.807, 2.05) is 12.1 Å². The number of pyridine rings is 3. The van der Waals surface area contributed by atoms with Crippen LogP contribution in [0.2, 0.25) is 0 Å². The van der Waals surface area contributed by atoms with Crippen LogP contribution in [0.5, 0.6) is 0 Å². The first-order valence-electron chi connectivity index (χ1n) is 51.2. The lowest BCUT2D eigenvalue weighted by molar-refractivity contribution is 0.745. The normalized spacial score (nSPS) is 12.1. The quantitative estimate of drug-likeness (QED) is 0.0715. The minimum absolute atomic E-state index is 0.0204. The number of para-hydroxylation sites is 3. The summed E-state index contributed by atoms with van der Waals surface area (Å²) in [6.45, 7) is 0. The van der Waals surface area contributed by atoms with E-state index in [9.17, 15) is 0 Å². The van der Waals surface area contributed by atoms with Gasteiger partial charge in [-0.15, -0.1) is 0 Å². The zero-order valence-electron chi connectivity index (χ0n) is 82.0. The van der Waals surface area contributed by atoms with E-state index in [4.69, 9.17) is 15.0 Å². The Morgan fingerprint density at radius 2 is 0.396 bits per heavy atom. The van der Waals surface area contributed by atoms with Crippen molar-refractivity contribution in [2.24, 2.45) is 0 Å². The Kier molecular flexibility index (Phi) is 24.7. The molecule has 149 heavy (non-hydrogen) atoms. The second kappa shape index (κ2) is 40.5. The van der Waals surface area contributed by atoms with E-state index in [1.165, 1.54) is 144 Å². The molecule has 0 aliphatic heterocycles. The first-order chi connectivity index (χ1) is 73.9. The second-order valence-corrected chi connectivity index (χ2v) is 38.3. The highest BCUT2D eigenvalue weighted by atomic mass is 15.0. The molecule has 0 bridgehead atoms. The van der Waals surface area contributed by atoms with Crippen LogP contribution in [0.15, 0.2) is 607 Å². The fourth-order valence-corrected chi connectivity index (χ4v) is 22.7. The highest BCUT2D eigenvalue weighted by Crippen LogP contribution is 2.53. The molecule has 26 aromatic rings. The van der Waals surface area contributed by atoms with Gasteiger partial charge < -0.3 is 9.13 Å². The van der Waals surface area contributed by atoms with Crippen LogP contribution < -0.4 is 0 Å². The van der Waals surface area contributed by atoms with Gasteiger partial charge in [0, 0.05) is 60.7 Å². The van der Waals surface area contributed by atoms with Gasteiger partial charge in [0.15, 0.2) is 0 Å². The molecule has 1 unspecified atom stereocenters. The van der Waals surface area contributed by atoms with E-state index in [0.29, 0.717) is 0 Å². The molecule has 1 aliphatic carbocycles. The summed E-state index contributed by atoms with van der Waals surface area (Å²) in [5, 5.41) is 4.99. The fourth-order valence-electron chi connectivity index (χ4n) is 22.7. The van der Waals surface area contributed by atoms with Crippen molar-refractivity contribution >= 4 is 43.6 Å². The third-order valence-electron chi connectivity index (χ3n) is 29.7. The summed E-state index contributed by atoms with van der Waals surface area (Å²) in [5.41, 5.74) is 41.8. The van der Waals surface area contributed by atoms with Crippen molar-refractivity contribution in [1.82, 2.24) is 24.1 Å². The van der Waals surface area contributed by atoms with Crippen molar-refractivity contribution in [2.75, 3.05) is 0 Å². The SMILES string of the molecule is c1ccc(-c2cc(-c3ccccc3)nc(-c3ccc(-n4c5ccccc5c5ccc(C(c6ccccc6)(c6ccccc6)c6ccccc6)cc54)cc3)c2)cc1.c1ccc(-c2cc(-c3ccccc3)nc(-c3ccc(-n4c5ccccc5c5ccccc54)cc3)c2)cc1.c1ccc(-c2cc(-c3ccccc3)nc(C3c4ccccc4-c4cc(-c5ccc(C(c6ccccc6)(c6ccccc6)c6ccccc6)cc5)ccc43)c2)cc1. The standard InChI is InChI=1S/C55H39N.C54H38N2.C35H24N2/c1-6-18-39(19-7-1)43-37-52(41-20-8-2-9-21-41)56-53(38-43)54-49-29-17-16-28-48(49)51-36-42(32-35-50(51)54)40-30-33-47(34-31-40)55(44-22-10-3-11-23-44,45-24-12-4-13-25-45)46-26-14-5-15-27-46;1-6-18-39(19-7-1)42-36-50(40-20-8-2-9-21-40)55-51(37-42)41-30-33-47(34-31-41)56-52-29-17-16-28-48(52)49-35-32-46(38-53(49)56)54(43-22-10-3-11-23-43,44-24-12-4-13-25-44)45-26-14-5-15-27-45;1-3-11-25(12-4-1)28-23-32(26-13-5-2-6-14-26)36-33(24-28)27-19-21-29(22-20-27)37-34-17-9-7-15-30(34)31-16-8-10-18-35(31)37/h1-38,54H;1-38H;1-24H. The molecule has 0 spiro atoms. The molecule has 702 valence electrons. The predicted molar refractivity (Wildman–Crippen MR) is 620 cm³/mol. The van der Waals surface area contributed by atoms with Crippen LogP contribution in [0, 0.1) is 0 Å².